The van der Waals surface area contributed by atoms with Crippen molar-refractivity contribution < 1.29 is 0 Å². The Kier molecular flexibility index (Phi) is 1.17. The molecule has 0 saturated heterocycles. The second kappa shape index (κ2) is 1.92. The molecule has 4 heteroatoms. The fourth-order valence-electron chi connectivity index (χ4n) is 1.36. The molecular formula is C6H8N2OS. The van der Waals surface area contributed by atoms with Crippen LogP contribution in [0.1, 0.15) is 12.1 Å². The Labute approximate surface area is 63.8 Å². The maximum absolute atomic E-state index is 10.9. The van der Waals surface area contributed by atoms with E-state index < -0.39 is 0 Å². The third kappa shape index (κ3) is 0.653. The molecule has 0 saturated carbocycles. The number of aromatic nitrogens is 2. The molecule has 0 atom stereocenters. The summed E-state index contributed by atoms with van der Waals surface area (Å²) in [5, 5.41) is 0. The van der Waals surface area contributed by atoms with Gasteiger partial charge in [0.1, 0.15) is 0 Å². The van der Waals surface area contributed by atoms with E-state index in [9.17, 15) is 4.79 Å². The first-order chi connectivity index (χ1) is 4.79. The van der Waals surface area contributed by atoms with Gasteiger partial charge in [-0.25, -0.2) is 0 Å². The van der Waals surface area contributed by atoms with E-state index in [0.29, 0.717) is 0 Å². The summed E-state index contributed by atoms with van der Waals surface area (Å²) in [7, 11) is 0. The molecular weight excluding hydrogens is 148 g/mol. The van der Waals surface area contributed by atoms with Crippen molar-refractivity contribution in [1.82, 2.24) is 8.77 Å². The molecule has 3 nitrogen and oxygen atoms in total. The fraction of sp³-hybridized carbons (Fsp3) is 0.500. The van der Waals surface area contributed by atoms with Crippen molar-refractivity contribution in [2.24, 2.45) is 0 Å². The first-order valence-corrected chi connectivity index (χ1v) is 3.70. The Morgan fingerprint density at radius 3 is 3.10 bits per heavy atom. The van der Waals surface area contributed by atoms with Crippen LogP contribution in [0.4, 0.5) is 0 Å². The number of nitrogens with zero attached hydrogens (tertiary/aromatic N) is 2. The lowest BCUT2D eigenvalue weighted by atomic mass is 10.3. The molecule has 1 aliphatic heterocycles. The van der Waals surface area contributed by atoms with Crippen LogP contribution in [-0.2, 0) is 13.0 Å². The Morgan fingerprint density at radius 1 is 1.60 bits per heavy atom. The molecule has 0 fully saturated rings. The molecule has 0 bridgehead atoms. The van der Waals surface area contributed by atoms with E-state index in [2.05, 4.69) is 12.8 Å². The monoisotopic (exact) mass is 156 g/mol. The van der Waals surface area contributed by atoms with Crippen LogP contribution in [0.3, 0.4) is 0 Å². The third-order valence-corrected chi connectivity index (χ3v) is 2.26. The van der Waals surface area contributed by atoms with Crippen molar-refractivity contribution in [3.05, 3.63) is 22.1 Å². The van der Waals surface area contributed by atoms with E-state index in [1.807, 2.05) is 4.68 Å². The summed E-state index contributed by atoms with van der Waals surface area (Å²) in [5.74, 6) is 0. The van der Waals surface area contributed by atoms with Gasteiger partial charge in [-0.05, 0) is 25.7 Å². The average Bonchev–Trinajstić information content (AvgIpc) is 2.41. The summed E-state index contributed by atoms with van der Waals surface area (Å²) in [5.41, 5.74) is 1.10. The quantitative estimate of drug-likeness (QED) is 0.537. The molecule has 0 aliphatic carbocycles. The number of hydrogen-bond acceptors (Lipinski definition) is 2. The van der Waals surface area contributed by atoms with Gasteiger partial charge in [-0.1, -0.05) is 0 Å². The smallest absolute Gasteiger partial charge is 0.277 e. The summed E-state index contributed by atoms with van der Waals surface area (Å²) in [4.78, 5) is 10.9. The van der Waals surface area contributed by atoms with Crippen molar-refractivity contribution in [2.45, 2.75) is 19.4 Å². The van der Waals surface area contributed by atoms with Gasteiger partial charge in [-0.15, -0.1) is 0 Å². The van der Waals surface area contributed by atoms with Crippen molar-refractivity contribution >= 4 is 12.8 Å². The zero-order chi connectivity index (χ0) is 7.14. The summed E-state index contributed by atoms with van der Waals surface area (Å²) in [6.45, 7) is 0.932. The highest BCUT2D eigenvalue weighted by Gasteiger charge is 2.13. The fourth-order valence-corrected chi connectivity index (χ4v) is 1.63. The van der Waals surface area contributed by atoms with Gasteiger partial charge in [0, 0.05) is 18.3 Å². The summed E-state index contributed by atoms with van der Waals surface area (Å²) in [6.07, 6.45) is 2.15. The summed E-state index contributed by atoms with van der Waals surface area (Å²) < 4.78 is 3.29. The van der Waals surface area contributed by atoms with Gasteiger partial charge < -0.3 is 0 Å². The number of rotatable bonds is 0. The molecule has 1 aromatic heterocycles. The average molecular weight is 156 g/mol. The number of fused-ring (bicyclic) bond motifs is 1. The number of hydrogen-bond donors (Lipinski definition) is 1. The number of aryl methyl sites for hydroxylation is 1. The first kappa shape index (κ1) is 6.09. The molecule has 0 amide bonds. The second-order valence-corrected chi connectivity index (χ2v) is 2.87. The van der Waals surface area contributed by atoms with Crippen LogP contribution in [0.15, 0.2) is 10.9 Å². The van der Waals surface area contributed by atoms with E-state index in [-0.39, 0.29) is 5.56 Å². The first-order valence-electron chi connectivity index (χ1n) is 3.30. The van der Waals surface area contributed by atoms with Crippen LogP contribution < -0.4 is 5.56 Å². The van der Waals surface area contributed by atoms with Crippen LogP contribution in [0, 0.1) is 0 Å². The van der Waals surface area contributed by atoms with Gasteiger partial charge >= 0.3 is 0 Å². The Bertz CT molecular complexity index is 312. The Balaban J connectivity index is 2.70. The highest BCUT2D eigenvalue weighted by atomic mass is 32.1. The lowest BCUT2D eigenvalue weighted by Gasteiger charge is -1.98. The molecule has 54 valence electrons. The van der Waals surface area contributed by atoms with Gasteiger partial charge in [0.25, 0.3) is 5.56 Å². The van der Waals surface area contributed by atoms with Crippen LogP contribution in [0.25, 0.3) is 0 Å². The molecule has 2 heterocycles. The van der Waals surface area contributed by atoms with Crippen LogP contribution in [0.5, 0.6) is 0 Å². The minimum Gasteiger partial charge on any atom is -0.277 e. The standard InChI is InChI=1S/C6H8N2OS/c9-6-4-5-2-1-3-7(5)8(6)10/h4,10H,1-3H2. The SMILES string of the molecule is O=c1cc2n(n1S)CCC2. The predicted molar refractivity (Wildman–Crippen MR) is 41.4 cm³/mol. The minimum absolute atomic E-state index is 0.0157. The lowest BCUT2D eigenvalue weighted by Crippen LogP contribution is -2.13. The highest BCUT2D eigenvalue weighted by molar-refractivity contribution is 7.78. The zero-order valence-corrected chi connectivity index (χ0v) is 6.34. The summed E-state index contributed by atoms with van der Waals surface area (Å²) >= 11 is 4.02. The van der Waals surface area contributed by atoms with Crippen molar-refractivity contribution in [2.75, 3.05) is 0 Å². The van der Waals surface area contributed by atoms with E-state index in [1.165, 1.54) is 4.09 Å². The lowest BCUT2D eigenvalue weighted by molar-refractivity contribution is 0.624. The van der Waals surface area contributed by atoms with Crippen LogP contribution >= 0.6 is 12.8 Å². The molecule has 2 rings (SSSR count). The molecule has 0 aromatic carbocycles. The van der Waals surface area contributed by atoms with Gasteiger partial charge in [-0.2, -0.15) is 4.09 Å². The predicted octanol–water partition coefficient (Wildman–Crippen LogP) is 0.289. The molecule has 1 aromatic rings. The minimum atomic E-state index is -0.0157. The van der Waals surface area contributed by atoms with E-state index in [1.54, 1.807) is 6.07 Å². The topological polar surface area (TPSA) is 26.9 Å². The van der Waals surface area contributed by atoms with E-state index in [0.717, 1.165) is 25.1 Å². The van der Waals surface area contributed by atoms with Crippen LogP contribution in [-0.4, -0.2) is 8.77 Å². The molecule has 0 unspecified atom stereocenters. The normalized spacial score (nSPS) is 15.7. The zero-order valence-electron chi connectivity index (χ0n) is 5.45. The number of thiol groups is 1. The van der Waals surface area contributed by atoms with Gasteiger partial charge in [0.05, 0.1) is 0 Å². The Morgan fingerprint density at radius 2 is 2.40 bits per heavy atom. The van der Waals surface area contributed by atoms with Gasteiger partial charge in [0.15, 0.2) is 0 Å². The second-order valence-electron chi connectivity index (χ2n) is 2.49. The molecule has 0 spiro atoms. The summed E-state index contributed by atoms with van der Waals surface area (Å²) in [6, 6.07) is 1.65. The maximum Gasteiger partial charge on any atom is 0.277 e. The van der Waals surface area contributed by atoms with Gasteiger partial charge in [-0.3, -0.25) is 9.48 Å². The Hall–Kier alpha value is -0.640. The largest absolute Gasteiger partial charge is 0.277 e. The molecule has 10 heavy (non-hydrogen) atoms. The van der Waals surface area contributed by atoms with Gasteiger partial charge in [0.2, 0.25) is 0 Å². The molecule has 1 aliphatic rings. The highest BCUT2D eigenvalue weighted by Crippen LogP contribution is 2.12. The third-order valence-electron chi connectivity index (χ3n) is 1.85. The van der Waals surface area contributed by atoms with Crippen molar-refractivity contribution in [3.8, 4) is 0 Å². The molecule has 0 N–H and O–H groups in total. The van der Waals surface area contributed by atoms with Crippen LogP contribution in [0.2, 0.25) is 0 Å². The molecule has 0 radical (unpaired) electrons. The van der Waals surface area contributed by atoms with Crippen molar-refractivity contribution in [3.63, 3.8) is 0 Å². The van der Waals surface area contributed by atoms with Crippen molar-refractivity contribution in [1.29, 1.82) is 0 Å². The van der Waals surface area contributed by atoms with E-state index in [4.69, 9.17) is 0 Å². The van der Waals surface area contributed by atoms with E-state index >= 15 is 0 Å². The maximum atomic E-state index is 10.9.